The van der Waals surface area contributed by atoms with Gasteiger partial charge in [0.25, 0.3) is 10.0 Å². The minimum absolute atomic E-state index is 0.00454. The van der Waals surface area contributed by atoms with E-state index in [-0.39, 0.29) is 9.92 Å². The number of fused-ring (bicyclic) bond motifs is 1. The summed E-state index contributed by atoms with van der Waals surface area (Å²) in [6.45, 7) is 2.09. The number of hydrogen-bond acceptors (Lipinski definition) is 6. The maximum Gasteiger partial charge on any atom is 0.263 e. The zero-order valence-corrected chi connectivity index (χ0v) is 23.2. The Morgan fingerprint density at radius 1 is 1.00 bits per heavy atom. The lowest BCUT2D eigenvalue weighted by molar-refractivity contribution is 0.410. The SMILES string of the molecule is CCc1cc(-c2ccc(NS(=O)(=O)c3ccccc3Cl)cc2Cl)cc2cnc(N[C@H]3CC[C@H](N)CC3)nc12. The molecule has 38 heavy (non-hydrogen) atoms. The van der Waals surface area contributed by atoms with Gasteiger partial charge in [0, 0.05) is 29.2 Å². The third-order valence-corrected chi connectivity index (χ3v) is 9.10. The molecule has 4 N–H and O–H groups in total. The fourth-order valence-electron chi connectivity index (χ4n) is 4.85. The van der Waals surface area contributed by atoms with E-state index in [0.717, 1.165) is 59.7 Å². The van der Waals surface area contributed by atoms with Crippen molar-refractivity contribution in [1.29, 1.82) is 0 Å². The van der Waals surface area contributed by atoms with Crippen LogP contribution in [0.15, 0.2) is 65.7 Å². The van der Waals surface area contributed by atoms with Crippen LogP contribution in [0.25, 0.3) is 22.0 Å². The van der Waals surface area contributed by atoms with Crippen LogP contribution in [0.5, 0.6) is 0 Å². The molecule has 3 aromatic carbocycles. The summed E-state index contributed by atoms with van der Waals surface area (Å²) in [5.74, 6) is 0.633. The van der Waals surface area contributed by atoms with E-state index >= 15 is 0 Å². The Kier molecular flexibility index (Phi) is 7.77. The van der Waals surface area contributed by atoms with E-state index in [1.807, 2.05) is 12.3 Å². The second kappa shape index (κ2) is 11.1. The number of anilines is 2. The number of nitrogens with two attached hydrogens (primary N) is 1. The van der Waals surface area contributed by atoms with E-state index in [0.29, 0.717) is 28.7 Å². The fraction of sp³-hybridized carbons (Fsp3) is 0.286. The van der Waals surface area contributed by atoms with Crippen molar-refractivity contribution < 1.29 is 8.42 Å². The normalized spacial score (nSPS) is 17.9. The number of aryl methyl sites for hydroxylation is 1. The monoisotopic (exact) mass is 569 g/mol. The number of rotatable bonds is 7. The van der Waals surface area contributed by atoms with Crippen LogP contribution in [0.4, 0.5) is 11.6 Å². The van der Waals surface area contributed by atoms with Crippen molar-refractivity contribution in [2.75, 3.05) is 10.0 Å². The lowest BCUT2D eigenvalue weighted by Crippen LogP contribution is -2.33. The van der Waals surface area contributed by atoms with Gasteiger partial charge < -0.3 is 11.1 Å². The van der Waals surface area contributed by atoms with Gasteiger partial charge in [-0.15, -0.1) is 0 Å². The summed E-state index contributed by atoms with van der Waals surface area (Å²) in [6, 6.07) is 16.1. The molecule has 7 nitrogen and oxygen atoms in total. The minimum atomic E-state index is -3.86. The first-order valence-electron chi connectivity index (χ1n) is 12.6. The standard InChI is InChI=1S/C28H29Cl2N5O2S/c1-2-17-13-18(14-19-16-32-28(34-27(17)19)33-21-9-7-20(31)8-10-21)23-12-11-22(15-25(23)30)35-38(36,37)26-6-4-3-5-24(26)29/h3-6,11-16,20-21,35H,2,7-10,31H2,1H3,(H,32,33,34)/t20-,21-. The highest BCUT2D eigenvalue weighted by Crippen LogP contribution is 2.35. The number of benzene rings is 3. The molecule has 0 unspecified atom stereocenters. The smallest absolute Gasteiger partial charge is 0.263 e. The van der Waals surface area contributed by atoms with Crippen LogP contribution >= 0.6 is 23.2 Å². The van der Waals surface area contributed by atoms with Crippen molar-refractivity contribution in [3.8, 4) is 11.1 Å². The van der Waals surface area contributed by atoms with Gasteiger partial charge in [-0.25, -0.2) is 18.4 Å². The predicted octanol–water partition coefficient (Wildman–Crippen LogP) is 6.65. The van der Waals surface area contributed by atoms with Crippen molar-refractivity contribution >= 4 is 55.8 Å². The maximum absolute atomic E-state index is 12.8. The van der Waals surface area contributed by atoms with E-state index in [1.54, 1.807) is 30.3 Å². The molecule has 0 spiro atoms. The highest BCUT2D eigenvalue weighted by atomic mass is 35.5. The second-order valence-electron chi connectivity index (χ2n) is 9.61. The number of sulfonamides is 1. The van der Waals surface area contributed by atoms with Gasteiger partial charge in [0.1, 0.15) is 4.90 Å². The molecule has 0 bridgehead atoms. The van der Waals surface area contributed by atoms with E-state index in [1.165, 1.54) is 12.1 Å². The summed E-state index contributed by atoms with van der Waals surface area (Å²) in [6.07, 6.45) is 6.68. The van der Waals surface area contributed by atoms with Crippen LogP contribution in [0.3, 0.4) is 0 Å². The van der Waals surface area contributed by atoms with Crippen molar-refractivity contribution in [2.45, 2.75) is 56.0 Å². The van der Waals surface area contributed by atoms with Crippen molar-refractivity contribution in [2.24, 2.45) is 5.73 Å². The third-order valence-electron chi connectivity index (χ3n) is 6.91. The molecule has 1 aliphatic rings. The van der Waals surface area contributed by atoms with Gasteiger partial charge in [-0.3, -0.25) is 4.72 Å². The lowest BCUT2D eigenvalue weighted by atomic mass is 9.92. The highest BCUT2D eigenvalue weighted by Gasteiger charge is 2.20. The van der Waals surface area contributed by atoms with E-state index in [4.69, 9.17) is 33.9 Å². The number of halogens is 2. The number of nitrogens with zero attached hydrogens (tertiary/aromatic N) is 2. The summed E-state index contributed by atoms with van der Waals surface area (Å²) in [4.78, 5) is 9.41. The molecule has 5 rings (SSSR count). The first-order valence-corrected chi connectivity index (χ1v) is 14.9. The molecule has 0 aliphatic heterocycles. The van der Waals surface area contributed by atoms with Crippen molar-refractivity contribution in [3.63, 3.8) is 0 Å². The molecule has 10 heteroatoms. The number of hydrogen-bond donors (Lipinski definition) is 3. The maximum atomic E-state index is 12.8. The Balaban J connectivity index is 1.41. The Labute approximate surface area is 232 Å². The molecular weight excluding hydrogens is 541 g/mol. The average molecular weight is 571 g/mol. The van der Waals surface area contributed by atoms with E-state index < -0.39 is 10.0 Å². The minimum Gasteiger partial charge on any atom is -0.351 e. The van der Waals surface area contributed by atoms with Crippen LogP contribution in [-0.4, -0.2) is 30.5 Å². The quantitative estimate of drug-likeness (QED) is 0.230. The summed E-state index contributed by atoms with van der Waals surface area (Å²) in [5.41, 5.74) is 10.1. The largest absolute Gasteiger partial charge is 0.351 e. The molecule has 1 aromatic heterocycles. The Bertz CT molecular complexity index is 1590. The molecule has 1 heterocycles. The predicted molar refractivity (Wildman–Crippen MR) is 155 cm³/mol. The second-order valence-corrected chi connectivity index (χ2v) is 12.1. The molecule has 0 saturated heterocycles. The molecule has 1 fully saturated rings. The first-order chi connectivity index (χ1) is 18.2. The Morgan fingerprint density at radius 3 is 2.47 bits per heavy atom. The van der Waals surface area contributed by atoms with Gasteiger partial charge in [-0.05, 0) is 79.6 Å². The average Bonchev–Trinajstić information content (AvgIpc) is 2.89. The van der Waals surface area contributed by atoms with E-state index in [9.17, 15) is 8.42 Å². The molecule has 4 aromatic rings. The van der Waals surface area contributed by atoms with E-state index in [2.05, 4.69) is 28.0 Å². The van der Waals surface area contributed by atoms with Crippen molar-refractivity contribution in [3.05, 3.63) is 76.4 Å². The van der Waals surface area contributed by atoms with Crippen LogP contribution in [-0.2, 0) is 16.4 Å². The summed E-state index contributed by atoms with van der Waals surface area (Å²) in [5, 5.41) is 4.95. The Morgan fingerprint density at radius 2 is 1.76 bits per heavy atom. The number of nitrogens with one attached hydrogen (secondary N) is 2. The van der Waals surface area contributed by atoms with Gasteiger partial charge in [0.2, 0.25) is 5.95 Å². The Hall–Kier alpha value is -2.91. The molecule has 0 atom stereocenters. The topological polar surface area (TPSA) is 110 Å². The van der Waals surface area contributed by atoms with Gasteiger partial charge in [-0.1, -0.05) is 48.3 Å². The number of aromatic nitrogens is 2. The first kappa shape index (κ1) is 26.7. The van der Waals surface area contributed by atoms with Gasteiger partial charge in [-0.2, -0.15) is 0 Å². The molecule has 1 saturated carbocycles. The third kappa shape index (κ3) is 5.73. The van der Waals surface area contributed by atoms with Gasteiger partial charge >= 0.3 is 0 Å². The molecule has 0 amide bonds. The van der Waals surface area contributed by atoms with Crippen LogP contribution in [0.1, 0.15) is 38.2 Å². The molecule has 1 aliphatic carbocycles. The van der Waals surface area contributed by atoms with Crippen LogP contribution in [0.2, 0.25) is 10.0 Å². The summed E-state index contributed by atoms with van der Waals surface area (Å²) in [7, 11) is -3.86. The van der Waals surface area contributed by atoms with Gasteiger partial charge in [0.15, 0.2) is 0 Å². The van der Waals surface area contributed by atoms with Crippen LogP contribution in [0, 0.1) is 0 Å². The lowest BCUT2D eigenvalue weighted by Gasteiger charge is -2.26. The highest BCUT2D eigenvalue weighted by molar-refractivity contribution is 7.92. The summed E-state index contributed by atoms with van der Waals surface area (Å²) < 4.78 is 28.2. The molecule has 198 valence electrons. The van der Waals surface area contributed by atoms with Crippen LogP contribution < -0.4 is 15.8 Å². The molecular formula is C28H29Cl2N5O2S. The fourth-order valence-corrected chi connectivity index (χ4v) is 6.71. The van der Waals surface area contributed by atoms with Crippen molar-refractivity contribution in [1.82, 2.24) is 9.97 Å². The van der Waals surface area contributed by atoms with Gasteiger partial charge in [0.05, 0.1) is 21.2 Å². The summed E-state index contributed by atoms with van der Waals surface area (Å²) >= 11 is 12.7. The zero-order chi connectivity index (χ0) is 26.9. The molecule has 0 radical (unpaired) electrons. The zero-order valence-electron chi connectivity index (χ0n) is 20.9.